The largest absolute Gasteiger partial charge is 0.465 e. The average Bonchev–Trinajstić information content (AvgIpc) is 2.78. The number of hydrogen-bond acceptors (Lipinski definition) is 5. The van der Waals surface area contributed by atoms with E-state index in [4.69, 9.17) is 14.9 Å². The van der Waals surface area contributed by atoms with Gasteiger partial charge in [0.1, 0.15) is 0 Å². The Morgan fingerprint density at radius 1 is 0.625 bits per heavy atom. The van der Waals surface area contributed by atoms with Gasteiger partial charge < -0.3 is 19.8 Å². The summed E-state index contributed by atoms with van der Waals surface area (Å²) in [7, 11) is 4.09. The lowest BCUT2D eigenvalue weighted by atomic mass is 9.94. The van der Waals surface area contributed by atoms with Crippen molar-refractivity contribution >= 4 is 5.97 Å². The summed E-state index contributed by atoms with van der Waals surface area (Å²) in [6, 6.07) is 0. The predicted molar refractivity (Wildman–Crippen MR) is 135 cm³/mol. The lowest BCUT2D eigenvalue weighted by Crippen LogP contribution is -2.21. The highest BCUT2D eigenvalue weighted by molar-refractivity contribution is 5.72. The molecule has 0 aromatic carbocycles. The Morgan fingerprint density at radius 3 is 1.38 bits per heavy atom. The lowest BCUT2D eigenvalue weighted by Gasteiger charge is -2.17. The van der Waals surface area contributed by atoms with E-state index < -0.39 is 0 Å². The lowest BCUT2D eigenvalue weighted by molar-refractivity contribution is -0.149. The van der Waals surface area contributed by atoms with Crippen LogP contribution in [0.3, 0.4) is 0 Å². The van der Waals surface area contributed by atoms with Crippen molar-refractivity contribution in [3.8, 4) is 0 Å². The number of aliphatic hydroxyl groups excluding tert-OH is 2. The monoisotopic (exact) mass is 457 g/mol. The molecule has 0 heterocycles. The fourth-order valence-electron chi connectivity index (χ4n) is 4.18. The van der Waals surface area contributed by atoms with Crippen molar-refractivity contribution in [1.29, 1.82) is 0 Å². The van der Waals surface area contributed by atoms with Crippen molar-refractivity contribution in [3.05, 3.63) is 0 Å². The second-order valence-corrected chi connectivity index (χ2v) is 9.70. The Labute approximate surface area is 199 Å². The number of ether oxygens (including phenoxy) is 1. The molecule has 2 N–H and O–H groups in total. The molecule has 0 aliphatic heterocycles. The summed E-state index contributed by atoms with van der Waals surface area (Å²) < 4.78 is 5.61. The van der Waals surface area contributed by atoms with Crippen LogP contribution in [-0.4, -0.2) is 61.5 Å². The molecule has 0 saturated heterocycles. The first-order chi connectivity index (χ1) is 15.6. The number of unbranched alkanes of at least 4 members (excludes halogenated alkanes) is 14. The maximum atomic E-state index is 12.6. The van der Waals surface area contributed by atoms with Gasteiger partial charge in [-0.05, 0) is 46.2 Å². The van der Waals surface area contributed by atoms with Gasteiger partial charge in [0.05, 0.1) is 12.5 Å². The molecule has 0 atom stereocenters. The molecule has 192 valence electrons. The van der Waals surface area contributed by atoms with Crippen molar-refractivity contribution in [2.24, 2.45) is 5.92 Å². The molecule has 0 rings (SSSR count). The van der Waals surface area contributed by atoms with Crippen LogP contribution in [-0.2, 0) is 9.53 Å². The molecule has 0 bridgehead atoms. The summed E-state index contributed by atoms with van der Waals surface area (Å²) in [6.07, 6.45) is 21.7. The molecule has 0 spiro atoms. The fourth-order valence-corrected chi connectivity index (χ4v) is 4.18. The minimum atomic E-state index is 0.0248. The third-order valence-electron chi connectivity index (χ3n) is 6.25. The summed E-state index contributed by atoms with van der Waals surface area (Å²) in [5.41, 5.74) is 0. The molecular formula is C27H55NO4. The van der Waals surface area contributed by atoms with Crippen LogP contribution in [0.4, 0.5) is 0 Å². The Hall–Kier alpha value is -0.650. The van der Waals surface area contributed by atoms with E-state index in [-0.39, 0.29) is 11.9 Å². The van der Waals surface area contributed by atoms with Gasteiger partial charge in [-0.15, -0.1) is 0 Å². The second kappa shape index (κ2) is 25.0. The van der Waals surface area contributed by atoms with Crippen molar-refractivity contribution in [2.45, 2.75) is 122 Å². The highest BCUT2D eigenvalue weighted by Crippen LogP contribution is 2.21. The van der Waals surface area contributed by atoms with E-state index in [1.165, 1.54) is 64.2 Å². The summed E-state index contributed by atoms with van der Waals surface area (Å²) >= 11 is 0. The SMILES string of the molecule is CN(C)CCCOC(=O)C(CCCCCCCCCCO)CCCCCCCCCCO. The zero-order valence-electron chi connectivity index (χ0n) is 21.5. The average molecular weight is 458 g/mol. The third kappa shape index (κ3) is 22.5. The highest BCUT2D eigenvalue weighted by Gasteiger charge is 2.19. The van der Waals surface area contributed by atoms with Crippen LogP contribution < -0.4 is 0 Å². The van der Waals surface area contributed by atoms with Crippen LogP contribution in [0.1, 0.15) is 122 Å². The molecule has 0 unspecified atom stereocenters. The summed E-state index contributed by atoms with van der Waals surface area (Å²) in [6.45, 7) is 2.12. The number of nitrogens with zero attached hydrogens (tertiary/aromatic N) is 1. The van der Waals surface area contributed by atoms with Crippen LogP contribution >= 0.6 is 0 Å². The molecule has 0 aliphatic carbocycles. The fraction of sp³-hybridized carbons (Fsp3) is 0.963. The number of hydrogen-bond donors (Lipinski definition) is 2. The molecule has 0 aromatic rings. The van der Waals surface area contributed by atoms with Gasteiger partial charge in [0.25, 0.3) is 0 Å². The van der Waals surface area contributed by atoms with E-state index in [9.17, 15) is 4.79 Å². The number of carbonyl (C=O) groups excluding carboxylic acids is 1. The van der Waals surface area contributed by atoms with Crippen LogP contribution in [0.2, 0.25) is 0 Å². The van der Waals surface area contributed by atoms with Gasteiger partial charge in [-0.2, -0.15) is 0 Å². The van der Waals surface area contributed by atoms with E-state index in [0.29, 0.717) is 19.8 Å². The molecule has 32 heavy (non-hydrogen) atoms. The molecule has 5 nitrogen and oxygen atoms in total. The molecule has 0 aliphatic rings. The highest BCUT2D eigenvalue weighted by atomic mass is 16.5. The number of rotatable bonds is 25. The smallest absolute Gasteiger partial charge is 0.308 e. The van der Waals surface area contributed by atoms with Crippen molar-refractivity contribution in [1.82, 2.24) is 4.90 Å². The summed E-state index contributed by atoms with van der Waals surface area (Å²) in [5, 5.41) is 17.6. The first-order valence-electron chi connectivity index (χ1n) is 13.6. The first-order valence-corrected chi connectivity index (χ1v) is 13.6. The molecule has 0 amide bonds. The van der Waals surface area contributed by atoms with E-state index in [1.807, 2.05) is 14.1 Å². The number of carbonyl (C=O) groups is 1. The van der Waals surface area contributed by atoms with Crippen molar-refractivity contribution in [2.75, 3.05) is 40.5 Å². The van der Waals surface area contributed by atoms with Gasteiger partial charge in [0.2, 0.25) is 0 Å². The molecule has 5 heteroatoms. The van der Waals surface area contributed by atoms with E-state index in [0.717, 1.165) is 64.3 Å². The maximum Gasteiger partial charge on any atom is 0.308 e. The van der Waals surface area contributed by atoms with E-state index in [2.05, 4.69) is 4.90 Å². The Bertz CT molecular complexity index is 368. The van der Waals surface area contributed by atoms with Gasteiger partial charge in [0, 0.05) is 19.8 Å². The third-order valence-corrected chi connectivity index (χ3v) is 6.25. The molecule has 0 radical (unpaired) electrons. The molecule has 0 saturated carbocycles. The quantitative estimate of drug-likeness (QED) is 0.128. The summed E-state index contributed by atoms with van der Waals surface area (Å²) in [5.74, 6) is 0.0974. The minimum Gasteiger partial charge on any atom is -0.465 e. The standard InChI is InChI=1S/C27H55NO4/c1-28(2)22-19-25-32-27(31)26(20-15-11-7-3-5-9-13-17-23-29)21-16-12-8-4-6-10-14-18-24-30/h26,29-30H,3-25H2,1-2H3. The van der Waals surface area contributed by atoms with Crippen molar-refractivity contribution < 1.29 is 19.7 Å². The number of aliphatic hydroxyl groups is 2. The minimum absolute atomic E-state index is 0.0248. The second-order valence-electron chi connectivity index (χ2n) is 9.70. The zero-order valence-corrected chi connectivity index (χ0v) is 21.5. The summed E-state index contributed by atoms with van der Waals surface area (Å²) in [4.78, 5) is 14.8. The molecule has 0 aromatic heterocycles. The van der Waals surface area contributed by atoms with Crippen molar-refractivity contribution in [3.63, 3.8) is 0 Å². The molecular weight excluding hydrogens is 402 g/mol. The van der Waals surface area contributed by atoms with E-state index in [1.54, 1.807) is 0 Å². The Kier molecular flexibility index (Phi) is 24.5. The van der Waals surface area contributed by atoms with Crippen LogP contribution in [0.15, 0.2) is 0 Å². The predicted octanol–water partition coefficient (Wildman–Crippen LogP) is 6.10. The van der Waals surface area contributed by atoms with Crippen LogP contribution in [0.25, 0.3) is 0 Å². The topological polar surface area (TPSA) is 70.0 Å². The first kappa shape index (κ1) is 31.4. The van der Waals surface area contributed by atoms with Gasteiger partial charge in [-0.1, -0.05) is 89.9 Å². The Balaban J connectivity index is 4.02. The van der Waals surface area contributed by atoms with Gasteiger partial charge >= 0.3 is 5.97 Å². The van der Waals surface area contributed by atoms with Gasteiger partial charge in [-0.25, -0.2) is 0 Å². The maximum absolute atomic E-state index is 12.6. The zero-order chi connectivity index (χ0) is 23.7. The Morgan fingerprint density at radius 2 is 1.00 bits per heavy atom. The molecule has 0 fully saturated rings. The van der Waals surface area contributed by atoms with Gasteiger partial charge in [-0.3, -0.25) is 4.79 Å². The van der Waals surface area contributed by atoms with Crippen LogP contribution in [0.5, 0.6) is 0 Å². The van der Waals surface area contributed by atoms with Gasteiger partial charge in [0.15, 0.2) is 0 Å². The van der Waals surface area contributed by atoms with Crippen LogP contribution in [0, 0.1) is 5.92 Å². The normalized spacial score (nSPS) is 11.6. The number of esters is 1. The van der Waals surface area contributed by atoms with E-state index >= 15 is 0 Å².